The summed E-state index contributed by atoms with van der Waals surface area (Å²) in [7, 11) is 0. The SMILES string of the molecule is c1ccc2nc(-c3ccc(-c4c5ccccc5nc5c4ccc4ccccc45)cc3)ccc2c1. The Morgan fingerprint density at radius 2 is 1.03 bits per heavy atom. The Hall–Kier alpha value is -4.56. The molecule has 34 heavy (non-hydrogen) atoms. The molecule has 5 aromatic carbocycles. The summed E-state index contributed by atoms with van der Waals surface area (Å²) in [5.74, 6) is 0. The molecule has 0 N–H and O–H groups in total. The molecule has 158 valence electrons. The van der Waals surface area contributed by atoms with Gasteiger partial charge in [-0.1, -0.05) is 103 Å². The fourth-order valence-electron chi connectivity index (χ4n) is 4.97. The minimum atomic E-state index is 0.987. The minimum Gasteiger partial charge on any atom is -0.248 e. The normalized spacial score (nSPS) is 11.5. The van der Waals surface area contributed by atoms with E-state index in [2.05, 4.69) is 109 Å². The van der Waals surface area contributed by atoms with Crippen molar-refractivity contribution in [2.45, 2.75) is 0 Å². The zero-order valence-electron chi connectivity index (χ0n) is 18.4. The van der Waals surface area contributed by atoms with Gasteiger partial charge in [0.1, 0.15) is 0 Å². The minimum absolute atomic E-state index is 0.987. The van der Waals surface area contributed by atoms with Crippen LogP contribution in [-0.2, 0) is 0 Å². The average molecular weight is 433 g/mol. The summed E-state index contributed by atoms with van der Waals surface area (Å²) < 4.78 is 0. The lowest BCUT2D eigenvalue weighted by atomic mass is 9.93. The Labute approximate surface area is 197 Å². The van der Waals surface area contributed by atoms with Gasteiger partial charge in [0.15, 0.2) is 0 Å². The molecule has 0 saturated heterocycles. The van der Waals surface area contributed by atoms with Crippen molar-refractivity contribution in [2.24, 2.45) is 0 Å². The summed E-state index contributed by atoms with van der Waals surface area (Å²) in [6.07, 6.45) is 0. The van der Waals surface area contributed by atoms with E-state index in [1.165, 1.54) is 32.7 Å². The van der Waals surface area contributed by atoms with Crippen LogP contribution in [0.1, 0.15) is 0 Å². The Balaban J connectivity index is 1.44. The van der Waals surface area contributed by atoms with Crippen molar-refractivity contribution in [1.82, 2.24) is 9.97 Å². The molecule has 2 aromatic heterocycles. The van der Waals surface area contributed by atoms with Crippen LogP contribution in [0, 0.1) is 0 Å². The smallest absolute Gasteiger partial charge is 0.0794 e. The largest absolute Gasteiger partial charge is 0.248 e. The van der Waals surface area contributed by atoms with E-state index in [0.29, 0.717) is 0 Å². The van der Waals surface area contributed by atoms with Crippen LogP contribution in [0.2, 0.25) is 0 Å². The Kier molecular flexibility index (Phi) is 4.18. The molecular weight excluding hydrogens is 412 g/mol. The van der Waals surface area contributed by atoms with Crippen molar-refractivity contribution in [3.05, 3.63) is 121 Å². The number of hydrogen-bond donors (Lipinski definition) is 0. The van der Waals surface area contributed by atoms with Gasteiger partial charge in [0.25, 0.3) is 0 Å². The van der Waals surface area contributed by atoms with Gasteiger partial charge in [-0.15, -0.1) is 0 Å². The summed E-state index contributed by atoms with van der Waals surface area (Å²) >= 11 is 0. The molecule has 7 aromatic rings. The fraction of sp³-hybridized carbons (Fsp3) is 0. The first-order valence-electron chi connectivity index (χ1n) is 11.5. The highest BCUT2D eigenvalue weighted by atomic mass is 14.7. The van der Waals surface area contributed by atoms with Crippen LogP contribution in [0.5, 0.6) is 0 Å². The molecule has 0 aliphatic rings. The molecule has 2 nitrogen and oxygen atoms in total. The zero-order chi connectivity index (χ0) is 22.5. The van der Waals surface area contributed by atoms with Crippen LogP contribution >= 0.6 is 0 Å². The topological polar surface area (TPSA) is 25.8 Å². The van der Waals surface area contributed by atoms with Crippen molar-refractivity contribution in [1.29, 1.82) is 0 Å². The van der Waals surface area contributed by atoms with Crippen molar-refractivity contribution in [2.75, 3.05) is 0 Å². The maximum atomic E-state index is 5.08. The molecule has 0 fully saturated rings. The number of hydrogen-bond acceptors (Lipinski definition) is 2. The summed E-state index contributed by atoms with van der Waals surface area (Å²) in [5.41, 5.74) is 7.59. The summed E-state index contributed by atoms with van der Waals surface area (Å²) in [4.78, 5) is 9.95. The van der Waals surface area contributed by atoms with Crippen LogP contribution in [0.3, 0.4) is 0 Å². The van der Waals surface area contributed by atoms with Gasteiger partial charge in [0.05, 0.1) is 22.2 Å². The highest BCUT2D eigenvalue weighted by Crippen LogP contribution is 2.38. The van der Waals surface area contributed by atoms with Crippen LogP contribution < -0.4 is 0 Å². The molecular formula is C32H20N2. The first kappa shape index (κ1) is 19.0. The lowest BCUT2D eigenvalue weighted by Crippen LogP contribution is -1.91. The number of nitrogens with zero attached hydrogens (tertiary/aromatic N) is 2. The van der Waals surface area contributed by atoms with E-state index in [0.717, 1.165) is 33.2 Å². The van der Waals surface area contributed by atoms with Crippen molar-refractivity contribution >= 4 is 43.5 Å². The predicted octanol–water partition coefficient (Wildman–Crippen LogP) is 8.42. The second-order valence-electron chi connectivity index (χ2n) is 8.65. The number of benzene rings is 5. The van der Waals surface area contributed by atoms with Crippen LogP contribution in [0.4, 0.5) is 0 Å². The first-order chi connectivity index (χ1) is 16.8. The van der Waals surface area contributed by atoms with E-state index < -0.39 is 0 Å². The van der Waals surface area contributed by atoms with Gasteiger partial charge < -0.3 is 0 Å². The molecule has 0 unspecified atom stereocenters. The third-order valence-electron chi connectivity index (χ3n) is 6.64. The lowest BCUT2D eigenvalue weighted by molar-refractivity contribution is 1.40. The molecule has 0 aliphatic heterocycles. The lowest BCUT2D eigenvalue weighted by Gasteiger charge is -2.13. The fourth-order valence-corrected chi connectivity index (χ4v) is 4.97. The Bertz CT molecular complexity index is 1850. The number of rotatable bonds is 2. The molecule has 2 heterocycles. The molecule has 7 rings (SSSR count). The van der Waals surface area contributed by atoms with Gasteiger partial charge >= 0.3 is 0 Å². The molecule has 0 amide bonds. The third-order valence-corrected chi connectivity index (χ3v) is 6.64. The number of para-hydroxylation sites is 2. The maximum absolute atomic E-state index is 5.08. The number of fused-ring (bicyclic) bond motifs is 5. The van der Waals surface area contributed by atoms with E-state index in [1.54, 1.807) is 0 Å². The molecule has 0 aliphatic carbocycles. The monoisotopic (exact) mass is 432 g/mol. The summed E-state index contributed by atoms with van der Waals surface area (Å²) in [5, 5.41) is 5.89. The van der Waals surface area contributed by atoms with Crippen LogP contribution in [-0.4, -0.2) is 9.97 Å². The van der Waals surface area contributed by atoms with Gasteiger partial charge in [0.2, 0.25) is 0 Å². The van der Waals surface area contributed by atoms with Crippen molar-refractivity contribution in [3.8, 4) is 22.4 Å². The Morgan fingerprint density at radius 1 is 0.382 bits per heavy atom. The third kappa shape index (κ3) is 2.96. The quantitative estimate of drug-likeness (QED) is 0.202. The van der Waals surface area contributed by atoms with E-state index >= 15 is 0 Å². The van der Waals surface area contributed by atoms with Gasteiger partial charge in [-0.05, 0) is 29.1 Å². The van der Waals surface area contributed by atoms with E-state index in [9.17, 15) is 0 Å². The molecule has 2 heteroatoms. The highest BCUT2D eigenvalue weighted by Gasteiger charge is 2.13. The van der Waals surface area contributed by atoms with Crippen molar-refractivity contribution < 1.29 is 0 Å². The molecule has 0 bridgehead atoms. The average Bonchev–Trinajstić information content (AvgIpc) is 2.91. The first-order valence-corrected chi connectivity index (χ1v) is 11.5. The predicted molar refractivity (Wildman–Crippen MR) is 143 cm³/mol. The molecule has 0 atom stereocenters. The summed E-state index contributed by atoms with van der Waals surface area (Å²) in [6, 6.07) is 42.6. The van der Waals surface area contributed by atoms with E-state index in [4.69, 9.17) is 9.97 Å². The van der Waals surface area contributed by atoms with E-state index in [-0.39, 0.29) is 0 Å². The highest BCUT2D eigenvalue weighted by molar-refractivity contribution is 6.16. The van der Waals surface area contributed by atoms with Crippen molar-refractivity contribution in [3.63, 3.8) is 0 Å². The second-order valence-corrected chi connectivity index (χ2v) is 8.65. The Morgan fingerprint density at radius 3 is 1.88 bits per heavy atom. The second kappa shape index (κ2) is 7.50. The van der Waals surface area contributed by atoms with Gasteiger partial charge in [0, 0.05) is 32.7 Å². The van der Waals surface area contributed by atoms with E-state index in [1.807, 2.05) is 12.1 Å². The number of pyridine rings is 2. The summed E-state index contributed by atoms with van der Waals surface area (Å²) in [6.45, 7) is 0. The standard InChI is InChI=1S/C32H20N2/c1-3-9-25-21(7-1)17-19-27-31(26-10-4-6-12-30(26)34-32(25)27)24-15-13-23(14-16-24)29-20-18-22-8-2-5-11-28(22)33-29/h1-20H. The zero-order valence-corrected chi connectivity index (χ0v) is 18.4. The molecule has 0 radical (unpaired) electrons. The van der Waals surface area contributed by atoms with Gasteiger partial charge in [-0.3, -0.25) is 0 Å². The molecule has 0 spiro atoms. The number of aromatic nitrogens is 2. The van der Waals surface area contributed by atoms with Crippen LogP contribution in [0.15, 0.2) is 121 Å². The van der Waals surface area contributed by atoms with Gasteiger partial charge in [-0.25, -0.2) is 9.97 Å². The van der Waals surface area contributed by atoms with Gasteiger partial charge in [-0.2, -0.15) is 0 Å². The molecule has 0 saturated carbocycles. The van der Waals surface area contributed by atoms with Crippen LogP contribution in [0.25, 0.3) is 65.9 Å². The maximum Gasteiger partial charge on any atom is 0.0794 e.